The number of amides is 3. The van der Waals surface area contributed by atoms with Gasteiger partial charge in [0.15, 0.2) is 5.96 Å². The molecule has 1 aromatic carbocycles. The molecule has 0 radical (unpaired) electrons. The molecule has 7 N–H and O–H groups in total. The third kappa shape index (κ3) is 8.10. The largest absolute Gasteiger partial charge is 0.497 e. The summed E-state index contributed by atoms with van der Waals surface area (Å²) < 4.78 is 8.35. The van der Waals surface area contributed by atoms with E-state index in [4.69, 9.17) is 16.2 Å². The zero-order valence-electron chi connectivity index (χ0n) is 24.0. The molecule has 3 amide bonds. The Kier molecular flexibility index (Phi) is 9.58. The van der Waals surface area contributed by atoms with E-state index in [-0.39, 0.29) is 30.9 Å². The van der Waals surface area contributed by atoms with Gasteiger partial charge in [0.1, 0.15) is 17.1 Å². The second-order valence-corrected chi connectivity index (χ2v) is 9.50. The lowest BCUT2D eigenvalue weighted by Crippen LogP contribution is -2.29. The van der Waals surface area contributed by atoms with Crippen LogP contribution in [-0.2, 0) is 14.1 Å². The molecule has 0 spiro atoms. The maximum Gasteiger partial charge on any atom is 0.272 e. The number of aromatic nitrogens is 3. The lowest BCUT2D eigenvalue weighted by molar-refractivity contribution is 0.0945. The van der Waals surface area contributed by atoms with Crippen molar-refractivity contribution in [2.75, 3.05) is 30.8 Å². The van der Waals surface area contributed by atoms with Crippen LogP contribution in [0.15, 0.2) is 72.1 Å². The van der Waals surface area contributed by atoms with Crippen LogP contribution < -0.4 is 32.2 Å². The number of nitrogens with zero attached hydrogens (tertiary/aromatic N) is 4. The topological polar surface area (TPSA) is 184 Å². The number of carbonyl (C=O) groups excluding carboxylic acids is 3. The molecule has 0 fully saturated rings. The fourth-order valence-corrected chi connectivity index (χ4v) is 4.10. The predicted octanol–water partition coefficient (Wildman–Crippen LogP) is 2.45. The van der Waals surface area contributed by atoms with E-state index in [1.807, 2.05) is 36.4 Å². The molecular weight excluding hydrogens is 550 g/mol. The Labute approximate surface area is 248 Å². The molecule has 13 heteroatoms. The van der Waals surface area contributed by atoms with Gasteiger partial charge in [0.25, 0.3) is 17.7 Å². The fraction of sp³-hybridized carbons (Fsp3) is 0.167. The molecule has 0 aliphatic heterocycles. The Morgan fingerprint density at radius 3 is 2.09 bits per heavy atom. The summed E-state index contributed by atoms with van der Waals surface area (Å²) in [5.74, 6) is -0.394. The van der Waals surface area contributed by atoms with E-state index in [0.29, 0.717) is 34.0 Å². The number of hydrogen-bond donors (Lipinski definition) is 5. The van der Waals surface area contributed by atoms with E-state index < -0.39 is 5.91 Å². The maximum atomic E-state index is 13.0. The molecule has 0 aliphatic rings. The molecule has 13 nitrogen and oxygen atoms in total. The van der Waals surface area contributed by atoms with Crippen molar-refractivity contribution in [1.82, 2.24) is 19.4 Å². The van der Waals surface area contributed by atoms with Crippen molar-refractivity contribution in [3.05, 3.63) is 95.3 Å². The van der Waals surface area contributed by atoms with Crippen molar-refractivity contribution in [1.29, 1.82) is 0 Å². The number of aryl methyl sites for hydroxylation is 2. The second kappa shape index (κ2) is 13.7. The quantitative estimate of drug-likeness (QED) is 0.102. The summed E-state index contributed by atoms with van der Waals surface area (Å²) in [6.45, 7) is 0.502. The van der Waals surface area contributed by atoms with Crippen molar-refractivity contribution >= 4 is 47.2 Å². The third-order valence-electron chi connectivity index (χ3n) is 6.29. The summed E-state index contributed by atoms with van der Waals surface area (Å²) >= 11 is 0. The molecule has 0 saturated carbocycles. The lowest BCUT2D eigenvalue weighted by atomic mass is 10.1. The fourth-order valence-electron chi connectivity index (χ4n) is 4.10. The summed E-state index contributed by atoms with van der Waals surface area (Å²) in [6.07, 6.45) is 8.51. The van der Waals surface area contributed by atoms with Crippen LogP contribution in [0.2, 0.25) is 0 Å². The monoisotopic (exact) mass is 583 g/mol. The first kappa shape index (κ1) is 30.1. The summed E-state index contributed by atoms with van der Waals surface area (Å²) in [5.41, 5.74) is 14.1. The highest BCUT2D eigenvalue weighted by Gasteiger charge is 2.17. The Morgan fingerprint density at radius 1 is 0.884 bits per heavy atom. The first-order chi connectivity index (χ1) is 20.6. The van der Waals surface area contributed by atoms with Gasteiger partial charge in [0.05, 0.1) is 36.3 Å². The molecule has 0 bridgehead atoms. The van der Waals surface area contributed by atoms with Crippen molar-refractivity contribution in [3.63, 3.8) is 0 Å². The van der Waals surface area contributed by atoms with Gasteiger partial charge in [-0.25, -0.2) is 0 Å². The molecule has 3 heterocycles. The number of benzene rings is 1. The Morgan fingerprint density at radius 2 is 1.51 bits per heavy atom. The minimum absolute atomic E-state index is 0.0534. The van der Waals surface area contributed by atoms with Crippen molar-refractivity contribution in [3.8, 4) is 5.75 Å². The standard InChI is InChI=1S/C30H33N9O4/c1-38-18-23(14-25(38)28(41)33-12-13-34-30(31)32)37-29(42)26-15-22(17-39(26)2)36-27(40)20-7-9-21(35-16-20)8-4-19-5-10-24(43-3)11-6-19/h4-11,14-18H,12-13H2,1-3H3,(H,33,41)(H,36,40)(H,37,42)(H4,31,32,34)/b8-4+. The van der Waals surface area contributed by atoms with Gasteiger partial charge in [-0.3, -0.25) is 24.4 Å². The second-order valence-electron chi connectivity index (χ2n) is 9.50. The first-order valence-corrected chi connectivity index (χ1v) is 13.2. The normalized spacial score (nSPS) is 10.8. The summed E-state index contributed by atoms with van der Waals surface area (Å²) in [6, 6.07) is 14.2. The number of ether oxygens (including phenoxy) is 1. The number of carbonyl (C=O) groups is 3. The minimum Gasteiger partial charge on any atom is -0.497 e. The number of rotatable bonds is 11. The highest BCUT2D eigenvalue weighted by atomic mass is 16.5. The van der Waals surface area contributed by atoms with Gasteiger partial charge in [0, 0.05) is 39.2 Å². The van der Waals surface area contributed by atoms with Gasteiger partial charge in [0.2, 0.25) is 0 Å². The zero-order chi connectivity index (χ0) is 30.9. The number of pyridine rings is 1. The minimum atomic E-state index is -0.414. The van der Waals surface area contributed by atoms with Crippen LogP contribution in [0.5, 0.6) is 5.75 Å². The summed E-state index contributed by atoms with van der Waals surface area (Å²) in [5, 5.41) is 8.29. The van der Waals surface area contributed by atoms with Crippen LogP contribution in [0, 0.1) is 0 Å². The lowest BCUT2D eigenvalue weighted by Gasteiger charge is -2.04. The maximum absolute atomic E-state index is 13.0. The van der Waals surface area contributed by atoms with Gasteiger partial charge >= 0.3 is 0 Å². The van der Waals surface area contributed by atoms with Crippen molar-refractivity contribution in [2.24, 2.45) is 30.6 Å². The molecule has 4 rings (SSSR count). The smallest absolute Gasteiger partial charge is 0.272 e. The van der Waals surface area contributed by atoms with Crippen LogP contribution in [0.3, 0.4) is 0 Å². The van der Waals surface area contributed by atoms with E-state index >= 15 is 0 Å². The average Bonchev–Trinajstić information content (AvgIpc) is 3.55. The number of anilines is 2. The van der Waals surface area contributed by atoms with Crippen molar-refractivity contribution < 1.29 is 19.1 Å². The molecule has 0 unspecified atom stereocenters. The van der Waals surface area contributed by atoms with Crippen LogP contribution in [-0.4, -0.2) is 58.0 Å². The van der Waals surface area contributed by atoms with Crippen LogP contribution in [0.1, 0.15) is 42.6 Å². The third-order valence-corrected chi connectivity index (χ3v) is 6.29. The SMILES string of the molecule is COc1ccc(/C=C/c2ccc(C(=O)Nc3cc(C(=O)Nc4cc(C(=O)NCCN=C(N)N)n(C)c4)n(C)c3)cn2)cc1. The zero-order valence-corrected chi connectivity index (χ0v) is 24.0. The number of nitrogens with two attached hydrogens (primary N) is 2. The molecule has 43 heavy (non-hydrogen) atoms. The van der Waals surface area contributed by atoms with E-state index in [1.54, 1.807) is 67.0 Å². The molecule has 222 valence electrons. The van der Waals surface area contributed by atoms with Crippen LogP contribution >= 0.6 is 0 Å². The molecular formula is C30H33N9O4. The van der Waals surface area contributed by atoms with E-state index in [9.17, 15) is 14.4 Å². The van der Waals surface area contributed by atoms with Crippen LogP contribution in [0.25, 0.3) is 12.2 Å². The number of hydrogen-bond acceptors (Lipinski definition) is 6. The van der Waals surface area contributed by atoms with E-state index in [0.717, 1.165) is 11.3 Å². The van der Waals surface area contributed by atoms with Crippen LogP contribution in [0.4, 0.5) is 11.4 Å². The van der Waals surface area contributed by atoms with Gasteiger partial charge in [-0.05, 0) is 48.0 Å². The summed E-state index contributed by atoms with van der Waals surface area (Å²) in [7, 11) is 5.00. The molecule has 0 saturated heterocycles. The molecule has 0 atom stereocenters. The van der Waals surface area contributed by atoms with Gasteiger partial charge in [-0.2, -0.15) is 0 Å². The number of methoxy groups -OCH3 is 1. The van der Waals surface area contributed by atoms with Crippen molar-refractivity contribution in [2.45, 2.75) is 0 Å². The van der Waals surface area contributed by atoms with Gasteiger partial charge in [-0.15, -0.1) is 0 Å². The van der Waals surface area contributed by atoms with Gasteiger partial charge in [-0.1, -0.05) is 18.2 Å². The molecule has 4 aromatic rings. The Hall–Kier alpha value is -5.85. The highest BCUT2D eigenvalue weighted by Crippen LogP contribution is 2.19. The van der Waals surface area contributed by atoms with Gasteiger partial charge < -0.3 is 41.3 Å². The summed E-state index contributed by atoms with van der Waals surface area (Å²) in [4.78, 5) is 46.5. The van der Waals surface area contributed by atoms with E-state index in [2.05, 4.69) is 25.9 Å². The molecule has 0 aliphatic carbocycles. The Bertz CT molecular complexity index is 1660. The Balaban J connectivity index is 1.34. The average molecular weight is 584 g/mol. The number of nitrogens with one attached hydrogen (secondary N) is 3. The van der Waals surface area contributed by atoms with E-state index in [1.165, 1.54) is 6.20 Å². The first-order valence-electron chi connectivity index (χ1n) is 13.2. The highest BCUT2D eigenvalue weighted by molar-refractivity contribution is 6.07. The predicted molar refractivity (Wildman–Crippen MR) is 166 cm³/mol. The number of guanidine groups is 1. The number of aliphatic imine (C=N–C) groups is 1. The molecule has 3 aromatic heterocycles.